The average Bonchev–Trinajstić information content (AvgIpc) is 2.96. The van der Waals surface area contributed by atoms with Gasteiger partial charge in [0, 0.05) is 23.3 Å². The Kier molecular flexibility index (Phi) is 3.32. The number of carbonyl (C=O) groups is 1. The van der Waals surface area contributed by atoms with Crippen LogP contribution < -0.4 is 0 Å². The first-order chi connectivity index (χ1) is 7.22. The summed E-state index contributed by atoms with van der Waals surface area (Å²) in [6.45, 7) is 2.69. The molecular weight excluding hydrogens is 230 g/mol. The van der Waals surface area contributed by atoms with Crippen molar-refractivity contribution in [3.8, 4) is 0 Å². The van der Waals surface area contributed by atoms with Gasteiger partial charge in [-0.2, -0.15) is 0 Å². The minimum atomic E-state index is 0.149. The molecule has 1 amide bonds. The van der Waals surface area contributed by atoms with Crippen molar-refractivity contribution >= 4 is 28.8 Å². The summed E-state index contributed by atoms with van der Waals surface area (Å²) in [5, 5.41) is 0. The third-order valence-electron chi connectivity index (χ3n) is 2.53. The first kappa shape index (κ1) is 11.0. The minimum Gasteiger partial charge on any atom is -0.334 e. The van der Waals surface area contributed by atoms with Gasteiger partial charge in [0.2, 0.25) is 0 Å². The number of amides is 1. The molecule has 0 spiro atoms. The zero-order valence-corrected chi connectivity index (χ0v) is 10.3. The molecule has 2 rings (SSSR count). The number of hydrogen-bond acceptors (Lipinski definition) is 2. The van der Waals surface area contributed by atoms with Gasteiger partial charge in [-0.25, -0.2) is 0 Å². The Morgan fingerprint density at radius 2 is 2.33 bits per heavy atom. The molecule has 2 nitrogen and oxygen atoms in total. The van der Waals surface area contributed by atoms with Crippen LogP contribution in [0.3, 0.4) is 0 Å². The summed E-state index contributed by atoms with van der Waals surface area (Å²) in [6, 6.07) is 4.34. The summed E-state index contributed by atoms with van der Waals surface area (Å²) in [5.74, 6) is 0.670. The van der Waals surface area contributed by atoms with Crippen LogP contribution in [0.25, 0.3) is 0 Å². The molecule has 0 bridgehead atoms. The lowest BCUT2D eigenvalue weighted by atomic mass is 10.3. The van der Waals surface area contributed by atoms with Crippen molar-refractivity contribution in [3.05, 3.63) is 21.9 Å². The summed E-state index contributed by atoms with van der Waals surface area (Å²) in [5.41, 5.74) is 0. The Morgan fingerprint density at radius 1 is 1.60 bits per heavy atom. The lowest BCUT2D eigenvalue weighted by Crippen LogP contribution is -2.34. The number of hydrogen-bond donors (Lipinski definition) is 0. The molecule has 1 aliphatic rings. The Hall–Kier alpha value is -0.540. The molecule has 0 unspecified atom stereocenters. The van der Waals surface area contributed by atoms with E-state index in [1.807, 2.05) is 24.0 Å². The number of carbonyl (C=O) groups excluding carboxylic acids is 1. The number of rotatable bonds is 4. The first-order valence-corrected chi connectivity index (χ1v) is 6.51. The van der Waals surface area contributed by atoms with Crippen molar-refractivity contribution in [2.45, 2.75) is 25.8 Å². The van der Waals surface area contributed by atoms with Crippen LogP contribution in [0.15, 0.2) is 12.1 Å². The maximum absolute atomic E-state index is 12.1. The molecule has 1 aromatic rings. The molecule has 1 aliphatic carbocycles. The van der Waals surface area contributed by atoms with E-state index in [0.29, 0.717) is 18.5 Å². The van der Waals surface area contributed by atoms with Gasteiger partial charge in [0.1, 0.15) is 0 Å². The third kappa shape index (κ3) is 2.52. The monoisotopic (exact) mass is 243 g/mol. The summed E-state index contributed by atoms with van der Waals surface area (Å²) in [6.07, 6.45) is 2.26. The number of thiophene rings is 1. The van der Waals surface area contributed by atoms with Crippen LogP contribution in [0.5, 0.6) is 0 Å². The summed E-state index contributed by atoms with van der Waals surface area (Å²) in [4.78, 5) is 16.0. The quantitative estimate of drug-likeness (QED) is 0.745. The van der Waals surface area contributed by atoms with Crippen molar-refractivity contribution in [2.24, 2.45) is 0 Å². The van der Waals surface area contributed by atoms with Gasteiger partial charge in [0.15, 0.2) is 0 Å². The maximum atomic E-state index is 12.1. The molecule has 0 radical (unpaired) electrons. The normalized spacial score (nSPS) is 15.3. The number of halogens is 1. The van der Waals surface area contributed by atoms with Gasteiger partial charge in [-0.1, -0.05) is 0 Å². The van der Waals surface area contributed by atoms with E-state index < -0.39 is 0 Å². The molecule has 0 saturated heterocycles. The van der Waals surface area contributed by atoms with Crippen molar-refractivity contribution in [1.82, 2.24) is 4.90 Å². The second-order valence-electron chi connectivity index (χ2n) is 3.83. The van der Waals surface area contributed by atoms with Crippen LogP contribution in [-0.4, -0.2) is 29.3 Å². The maximum Gasteiger partial charge on any atom is 0.264 e. The molecule has 1 heterocycles. The molecule has 15 heavy (non-hydrogen) atoms. The van der Waals surface area contributed by atoms with Crippen molar-refractivity contribution in [2.75, 3.05) is 12.4 Å². The van der Waals surface area contributed by atoms with Crippen molar-refractivity contribution < 1.29 is 4.79 Å². The van der Waals surface area contributed by atoms with E-state index in [-0.39, 0.29) is 5.91 Å². The highest BCUT2D eigenvalue weighted by Gasteiger charge is 2.32. The van der Waals surface area contributed by atoms with E-state index in [1.165, 1.54) is 4.88 Å². The SMILES string of the molecule is Cc1ccc(C(=O)N(CCCl)C2CC2)s1. The Balaban J connectivity index is 2.10. The second-order valence-corrected chi connectivity index (χ2v) is 5.49. The van der Waals surface area contributed by atoms with Gasteiger partial charge in [0.05, 0.1) is 4.88 Å². The molecule has 4 heteroatoms. The lowest BCUT2D eigenvalue weighted by molar-refractivity contribution is 0.0758. The van der Waals surface area contributed by atoms with Crippen molar-refractivity contribution in [1.29, 1.82) is 0 Å². The van der Waals surface area contributed by atoms with Crippen molar-refractivity contribution in [3.63, 3.8) is 0 Å². The predicted molar refractivity (Wildman–Crippen MR) is 63.8 cm³/mol. The zero-order chi connectivity index (χ0) is 10.8. The van der Waals surface area contributed by atoms with Gasteiger partial charge in [-0.05, 0) is 31.9 Å². The number of nitrogens with zero attached hydrogens (tertiary/aromatic N) is 1. The Labute approximate surface area is 98.8 Å². The Morgan fingerprint density at radius 3 is 2.80 bits per heavy atom. The van der Waals surface area contributed by atoms with Crippen LogP contribution in [0.1, 0.15) is 27.4 Å². The fourth-order valence-corrected chi connectivity index (χ4v) is 2.62. The van der Waals surface area contributed by atoms with E-state index in [4.69, 9.17) is 11.6 Å². The standard InChI is InChI=1S/C11H14ClNOS/c1-8-2-5-10(15-8)11(14)13(7-6-12)9-3-4-9/h2,5,9H,3-4,6-7H2,1H3. The molecule has 1 aromatic heterocycles. The molecular formula is C11H14ClNOS. The van der Waals surface area contributed by atoms with Gasteiger partial charge >= 0.3 is 0 Å². The fourth-order valence-electron chi connectivity index (χ4n) is 1.62. The lowest BCUT2D eigenvalue weighted by Gasteiger charge is -2.20. The smallest absolute Gasteiger partial charge is 0.264 e. The second kappa shape index (κ2) is 4.54. The highest BCUT2D eigenvalue weighted by atomic mass is 35.5. The Bertz CT molecular complexity index is 359. The number of aryl methyl sites for hydroxylation is 1. The average molecular weight is 244 g/mol. The highest BCUT2D eigenvalue weighted by Crippen LogP contribution is 2.29. The van der Waals surface area contributed by atoms with Gasteiger partial charge in [-0.15, -0.1) is 22.9 Å². The highest BCUT2D eigenvalue weighted by molar-refractivity contribution is 7.13. The predicted octanol–water partition coefficient (Wildman–Crippen LogP) is 2.90. The van der Waals surface area contributed by atoms with Gasteiger partial charge in [0.25, 0.3) is 5.91 Å². The minimum absolute atomic E-state index is 0.149. The third-order valence-corrected chi connectivity index (χ3v) is 3.68. The molecule has 0 aliphatic heterocycles. The van der Waals surface area contributed by atoms with E-state index in [9.17, 15) is 4.79 Å². The molecule has 0 atom stereocenters. The summed E-state index contributed by atoms with van der Waals surface area (Å²) < 4.78 is 0. The van der Waals surface area contributed by atoms with E-state index in [2.05, 4.69) is 0 Å². The van der Waals surface area contributed by atoms with Gasteiger partial charge in [-0.3, -0.25) is 4.79 Å². The van der Waals surface area contributed by atoms with Gasteiger partial charge < -0.3 is 4.90 Å². The molecule has 82 valence electrons. The van der Waals surface area contributed by atoms with E-state index in [0.717, 1.165) is 17.7 Å². The van der Waals surface area contributed by atoms with Crippen LogP contribution in [0.4, 0.5) is 0 Å². The van der Waals surface area contributed by atoms with E-state index >= 15 is 0 Å². The molecule has 0 N–H and O–H groups in total. The topological polar surface area (TPSA) is 20.3 Å². The summed E-state index contributed by atoms with van der Waals surface area (Å²) >= 11 is 7.28. The fraction of sp³-hybridized carbons (Fsp3) is 0.545. The largest absolute Gasteiger partial charge is 0.334 e. The van der Waals surface area contributed by atoms with Crippen LogP contribution in [0.2, 0.25) is 0 Å². The number of alkyl halides is 1. The molecule has 1 saturated carbocycles. The molecule has 0 aromatic carbocycles. The zero-order valence-electron chi connectivity index (χ0n) is 8.70. The van der Waals surface area contributed by atoms with E-state index in [1.54, 1.807) is 11.3 Å². The van der Waals surface area contributed by atoms with Crippen LogP contribution in [0, 0.1) is 6.92 Å². The first-order valence-electron chi connectivity index (χ1n) is 5.15. The summed E-state index contributed by atoms with van der Waals surface area (Å²) in [7, 11) is 0. The van der Waals surface area contributed by atoms with Crippen LogP contribution in [-0.2, 0) is 0 Å². The van der Waals surface area contributed by atoms with Crippen LogP contribution >= 0.6 is 22.9 Å². The molecule has 1 fully saturated rings.